The largest absolute Gasteiger partial charge is 0.320 e. The number of aromatic nitrogens is 6. The Balaban J connectivity index is 2.20. The number of rotatable bonds is 1. The molecule has 7 heteroatoms. The lowest BCUT2D eigenvalue weighted by Crippen LogP contribution is -2.11. The smallest absolute Gasteiger partial charge is 0.246 e. The molecule has 0 amide bonds. The van der Waals surface area contributed by atoms with Gasteiger partial charge >= 0.3 is 0 Å². The topological polar surface area (TPSA) is 87.4 Å². The van der Waals surface area contributed by atoms with Crippen molar-refractivity contribution in [3.8, 4) is 5.69 Å². The summed E-state index contributed by atoms with van der Waals surface area (Å²) in [6.45, 7) is 0. The van der Waals surface area contributed by atoms with Crippen LogP contribution in [0.3, 0.4) is 0 Å². The number of hydrogen-bond acceptors (Lipinski definition) is 5. The third-order valence-corrected chi connectivity index (χ3v) is 2.02. The summed E-state index contributed by atoms with van der Waals surface area (Å²) in [6, 6.07) is 9.53. The fourth-order valence-corrected chi connectivity index (χ4v) is 1.31. The van der Waals surface area contributed by atoms with Crippen molar-refractivity contribution in [3.63, 3.8) is 0 Å². The van der Waals surface area contributed by atoms with Crippen LogP contribution in [0.5, 0.6) is 0 Å². The zero-order valence-electron chi connectivity index (χ0n) is 7.65. The van der Waals surface area contributed by atoms with Crippen LogP contribution in [0.1, 0.15) is 0 Å². The summed E-state index contributed by atoms with van der Waals surface area (Å²) in [4.78, 5) is 2.57. The molecular weight excluding hydrogens is 194 g/mol. The van der Waals surface area contributed by atoms with Crippen molar-refractivity contribution >= 4 is 11.3 Å². The fourth-order valence-electron chi connectivity index (χ4n) is 1.31. The van der Waals surface area contributed by atoms with Crippen molar-refractivity contribution in [1.29, 1.82) is 0 Å². The van der Waals surface area contributed by atoms with Gasteiger partial charge in [0.15, 0.2) is 0 Å². The first kappa shape index (κ1) is 7.92. The molecule has 0 radical (unpaired) electrons. The van der Waals surface area contributed by atoms with E-state index in [2.05, 4.69) is 20.5 Å². The standard InChI is InChI=1S/C8H7N7/c9-14-8-7(10-13-14)11-15(12-8)6-4-2-1-3-5-6/h1-5H,9H2. The first-order valence-corrected chi connectivity index (χ1v) is 4.34. The van der Waals surface area contributed by atoms with E-state index < -0.39 is 0 Å². The molecule has 1 aromatic carbocycles. The van der Waals surface area contributed by atoms with E-state index in [-0.39, 0.29) is 0 Å². The second-order valence-corrected chi connectivity index (χ2v) is 3.01. The number of nitrogens with zero attached hydrogens (tertiary/aromatic N) is 6. The van der Waals surface area contributed by atoms with Gasteiger partial charge in [0.1, 0.15) is 0 Å². The molecule has 0 fully saturated rings. The first-order valence-electron chi connectivity index (χ1n) is 4.34. The molecule has 0 aliphatic rings. The lowest BCUT2D eigenvalue weighted by Gasteiger charge is -1.96. The highest BCUT2D eigenvalue weighted by Crippen LogP contribution is 2.07. The summed E-state index contributed by atoms with van der Waals surface area (Å²) in [6.07, 6.45) is 0. The normalized spacial score (nSPS) is 10.9. The molecule has 7 nitrogen and oxygen atoms in total. The van der Waals surface area contributed by atoms with Crippen LogP contribution in [0.15, 0.2) is 30.3 Å². The Morgan fingerprint density at radius 3 is 2.60 bits per heavy atom. The molecule has 0 aliphatic carbocycles. The van der Waals surface area contributed by atoms with E-state index in [9.17, 15) is 0 Å². The minimum absolute atomic E-state index is 0.432. The second-order valence-electron chi connectivity index (χ2n) is 3.01. The van der Waals surface area contributed by atoms with Crippen LogP contribution < -0.4 is 5.84 Å². The number of fused-ring (bicyclic) bond motifs is 1. The van der Waals surface area contributed by atoms with Gasteiger partial charge in [-0.3, -0.25) is 0 Å². The Bertz CT molecular complexity index is 594. The Labute approximate surface area is 84.1 Å². The molecule has 0 saturated carbocycles. The second kappa shape index (κ2) is 2.77. The van der Waals surface area contributed by atoms with E-state index in [0.717, 1.165) is 10.5 Å². The summed E-state index contributed by atoms with van der Waals surface area (Å²) in [5.41, 5.74) is 1.75. The van der Waals surface area contributed by atoms with Gasteiger partial charge in [-0.15, -0.1) is 24.9 Å². The number of para-hydroxylation sites is 1. The van der Waals surface area contributed by atoms with E-state index in [1.807, 2.05) is 30.3 Å². The number of nitrogen functional groups attached to an aromatic ring is 1. The van der Waals surface area contributed by atoms with Crippen LogP contribution in [0.25, 0.3) is 17.0 Å². The number of hydrogen-bond donors (Lipinski definition) is 1. The molecule has 0 atom stereocenters. The van der Waals surface area contributed by atoms with Gasteiger partial charge in [0.25, 0.3) is 0 Å². The summed E-state index contributed by atoms with van der Waals surface area (Å²) >= 11 is 0. The molecule has 74 valence electrons. The maximum absolute atomic E-state index is 5.49. The average molecular weight is 201 g/mol. The first-order chi connectivity index (χ1) is 7.34. The van der Waals surface area contributed by atoms with Crippen molar-refractivity contribution in [2.45, 2.75) is 0 Å². The SMILES string of the molecule is Nn1nnc2nn(-c3ccccc3)nc21. The molecule has 0 unspecified atom stereocenters. The van der Waals surface area contributed by atoms with Gasteiger partial charge in [-0.1, -0.05) is 18.2 Å². The van der Waals surface area contributed by atoms with Gasteiger partial charge in [0, 0.05) is 0 Å². The highest BCUT2D eigenvalue weighted by Gasteiger charge is 2.09. The van der Waals surface area contributed by atoms with Crippen LogP contribution in [-0.2, 0) is 0 Å². The van der Waals surface area contributed by atoms with Crippen LogP contribution >= 0.6 is 0 Å². The molecule has 2 aromatic heterocycles. The summed E-state index contributed by atoms with van der Waals surface area (Å²) < 4.78 is 0. The Morgan fingerprint density at radius 1 is 1.07 bits per heavy atom. The summed E-state index contributed by atoms with van der Waals surface area (Å²) in [7, 11) is 0. The lowest BCUT2D eigenvalue weighted by atomic mass is 10.3. The van der Waals surface area contributed by atoms with E-state index in [1.54, 1.807) is 0 Å². The Kier molecular flexibility index (Phi) is 1.46. The lowest BCUT2D eigenvalue weighted by molar-refractivity contribution is 0.710. The molecule has 3 rings (SSSR count). The van der Waals surface area contributed by atoms with Crippen molar-refractivity contribution in [3.05, 3.63) is 30.3 Å². The predicted octanol–water partition coefficient (Wildman–Crippen LogP) is -0.274. The minimum atomic E-state index is 0.432. The highest BCUT2D eigenvalue weighted by molar-refractivity contribution is 5.63. The predicted molar refractivity (Wildman–Crippen MR) is 52.6 cm³/mol. The molecule has 0 aliphatic heterocycles. The van der Waals surface area contributed by atoms with Gasteiger partial charge in [-0.2, -0.15) is 0 Å². The van der Waals surface area contributed by atoms with Crippen molar-refractivity contribution in [1.82, 2.24) is 30.1 Å². The molecule has 0 spiro atoms. The van der Waals surface area contributed by atoms with Gasteiger partial charge in [0.2, 0.25) is 11.3 Å². The van der Waals surface area contributed by atoms with Gasteiger partial charge in [0.05, 0.1) is 5.69 Å². The van der Waals surface area contributed by atoms with Crippen molar-refractivity contribution in [2.24, 2.45) is 0 Å². The van der Waals surface area contributed by atoms with Crippen molar-refractivity contribution in [2.75, 3.05) is 5.84 Å². The molecule has 2 N–H and O–H groups in total. The minimum Gasteiger partial charge on any atom is -0.320 e. The monoisotopic (exact) mass is 201 g/mol. The molecule has 3 aromatic rings. The quantitative estimate of drug-likeness (QED) is 0.547. The third kappa shape index (κ3) is 1.13. The Hall–Kier alpha value is -2.44. The van der Waals surface area contributed by atoms with Gasteiger partial charge in [-0.05, 0) is 17.3 Å². The maximum atomic E-state index is 5.49. The van der Waals surface area contributed by atoms with Crippen LogP contribution in [-0.4, -0.2) is 30.1 Å². The van der Waals surface area contributed by atoms with E-state index in [1.165, 1.54) is 4.80 Å². The zero-order chi connectivity index (χ0) is 10.3. The molecule has 0 bridgehead atoms. The highest BCUT2D eigenvalue weighted by atomic mass is 15.6. The number of nitrogens with two attached hydrogens (primary N) is 1. The fraction of sp³-hybridized carbons (Fsp3) is 0. The zero-order valence-corrected chi connectivity index (χ0v) is 7.65. The van der Waals surface area contributed by atoms with Gasteiger partial charge in [-0.25, -0.2) is 0 Å². The van der Waals surface area contributed by atoms with E-state index in [4.69, 9.17) is 5.84 Å². The van der Waals surface area contributed by atoms with Crippen LogP contribution in [0.4, 0.5) is 0 Å². The molecule has 15 heavy (non-hydrogen) atoms. The van der Waals surface area contributed by atoms with Crippen LogP contribution in [0, 0.1) is 0 Å². The Morgan fingerprint density at radius 2 is 1.87 bits per heavy atom. The molecule has 2 heterocycles. The number of benzene rings is 1. The average Bonchev–Trinajstić information content (AvgIpc) is 2.83. The summed E-state index contributed by atoms with van der Waals surface area (Å²) in [5.74, 6) is 5.49. The molecule has 0 saturated heterocycles. The van der Waals surface area contributed by atoms with E-state index in [0.29, 0.717) is 11.3 Å². The van der Waals surface area contributed by atoms with Gasteiger partial charge < -0.3 is 5.84 Å². The van der Waals surface area contributed by atoms with E-state index >= 15 is 0 Å². The summed E-state index contributed by atoms with van der Waals surface area (Å²) in [5, 5.41) is 15.7. The van der Waals surface area contributed by atoms with Crippen LogP contribution in [0.2, 0.25) is 0 Å². The maximum Gasteiger partial charge on any atom is 0.246 e. The third-order valence-electron chi connectivity index (χ3n) is 2.02. The van der Waals surface area contributed by atoms with Crippen molar-refractivity contribution < 1.29 is 0 Å². The molecular formula is C8H7N7.